The van der Waals surface area contributed by atoms with E-state index in [1.165, 1.54) is 5.56 Å². The molecule has 0 unspecified atom stereocenters. The van der Waals surface area contributed by atoms with Crippen molar-refractivity contribution in [1.29, 1.82) is 0 Å². The van der Waals surface area contributed by atoms with Crippen molar-refractivity contribution in [2.75, 3.05) is 32.7 Å². The molecule has 132 valence electrons. The van der Waals surface area contributed by atoms with Crippen LogP contribution in [0.2, 0.25) is 0 Å². The Bertz CT molecular complexity index is 590. The monoisotopic (exact) mass is 331 g/mol. The largest absolute Gasteiger partial charge is 0.338 e. The van der Waals surface area contributed by atoms with Crippen molar-refractivity contribution in [2.24, 2.45) is 0 Å². The van der Waals surface area contributed by atoms with Gasteiger partial charge < -0.3 is 15.1 Å². The lowest BCUT2D eigenvalue weighted by Crippen LogP contribution is -2.42. The van der Waals surface area contributed by atoms with Crippen LogP contribution >= 0.6 is 0 Å². The van der Waals surface area contributed by atoms with Crippen LogP contribution in [0.15, 0.2) is 12.1 Å². The van der Waals surface area contributed by atoms with Gasteiger partial charge in [0.1, 0.15) is 0 Å². The number of nitrogens with zero attached hydrogens (tertiary/aromatic N) is 2. The fraction of sp³-hybridized carbons (Fsp3) is 0.579. The predicted molar refractivity (Wildman–Crippen MR) is 96.4 cm³/mol. The summed E-state index contributed by atoms with van der Waals surface area (Å²) in [4.78, 5) is 28.8. The Labute approximate surface area is 145 Å². The van der Waals surface area contributed by atoms with Crippen LogP contribution in [0.4, 0.5) is 4.79 Å². The van der Waals surface area contributed by atoms with Crippen LogP contribution in [0.3, 0.4) is 0 Å². The highest BCUT2D eigenvalue weighted by atomic mass is 16.2. The van der Waals surface area contributed by atoms with Crippen molar-refractivity contribution >= 4 is 11.9 Å². The molecule has 0 bridgehead atoms. The van der Waals surface area contributed by atoms with Gasteiger partial charge in [-0.3, -0.25) is 4.79 Å². The first-order valence-corrected chi connectivity index (χ1v) is 8.84. The molecule has 3 amide bonds. The molecule has 24 heavy (non-hydrogen) atoms. The maximum Gasteiger partial charge on any atom is 0.317 e. The molecule has 1 aromatic rings. The first kappa shape index (κ1) is 18.3. The highest BCUT2D eigenvalue weighted by Gasteiger charge is 2.24. The van der Waals surface area contributed by atoms with E-state index >= 15 is 0 Å². The third-order valence-corrected chi connectivity index (χ3v) is 4.49. The van der Waals surface area contributed by atoms with Crippen LogP contribution in [0, 0.1) is 20.8 Å². The minimum atomic E-state index is -0.0196. The minimum absolute atomic E-state index is 0.0196. The van der Waals surface area contributed by atoms with Crippen LogP contribution in [0.5, 0.6) is 0 Å². The number of urea groups is 1. The van der Waals surface area contributed by atoms with Gasteiger partial charge in [0, 0.05) is 38.3 Å². The van der Waals surface area contributed by atoms with Gasteiger partial charge in [-0.1, -0.05) is 24.6 Å². The van der Waals surface area contributed by atoms with Crippen LogP contribution < -0.4 is 5.32 Å². The Hall–Kier alpha value is -2.04. The molecule has 1 aliphatic rings. The number of rotatable bonds is 3. The lowest BCUT2D eigenvalue weighted by molar-refractivity contribution is 0.0761. The molecule has 0 radical (unpaired) electrons. The lowest BCUT2D eigenvalue weighted by atomic mass is 9.98. The SMILES string of the molecule is CCCNC(=O)N1CCCN(C(=O)c2c(C)cc(C)cc2C)CC1. The summed E-state index contributed by atoms with van der Waals surface area (Å²) in [6, 6.07) is 4.10. The van der Waals surface area contributed by atoms with Crippen molar-refractivity contribution in [3.05, 3.63) is 34.4 Å². The summed E-state index contributed by atoms with van der Waals surface area (Å²) in [5, 5.41) is 2.91. The maximum absolute atomic E-state index is 13.0. The first-order chi connectivity index (χ1) is 11.4. The topological polar surface area (TPSA) is 52.7 Å². The molecule has 1 aromatic carbocycles. The third-order valence-electron chi connectivity index (χ3n) is 4.49. The number of carbonyl (C=O) groups excluding carboxylic acids is 2. The standard InChI is InChI=1S/C19H29N3O2/c1-5-7-20-19(24)22-9-6-8-21(10-11-22)18(23)17-15(3)12-14(2)13-16(17)4/h12-13H,5-11H2,1-4H3,(H,20,24). The molecular formula is C19H29N3O2. The normalized spacial score (nSPS) is 15.2. The number of nitrogens with one attached hydrogen (secondary N) is 1. The van der Waals surface area contributed by atoms with Crippen molar-refractivity contribution in [1.82, 2.24) is 15.1 Å². The van der Waals surface area contributed by atoms with E-state index in [2.05, 4.69) is 17.4 Å². The van der Waals surface area contributed by atoms with Crippen molar-refractivity contribution in [2.45, 2.75) is 40.5 Å². The van der Waals surface area contributed by atoms with Gasteiger partial charge in [0.25, 0.3) is 5.91 Å². The van der Waals surface area contributed by atoms with E-state index in [1.54, 1.807) is 0 Å². The molecular weight excluding hydrogens is 302 g/mol. The highest BCUT2D eigenvalue weighted by Crippen LogP contribution is 2.19. The first-order valence-electron chi connectivity index (χ1n) is 8.84. The summed E-state index contributed by atoms with van der Waals surface area (Å²) in [6.45, 7) is 11.3. The molecule has 2 rings (SSSR count). The zero-order chi connectivity index (χ0) is 17.7. The average molecular weight is 331 g/mol. The predicted octanol–water partition coefficient (Wildman–Crippen LogP) is 2.88. The Morgan fingerprint density at radius 2 is 1.58 bits per heavy atom. The second-order valence-electron chi connectivity index (χ2n) is 6.64. The third kappa shape index (κ3) is 4.28. The molecule has 1 fully saturated rings. The molecule has 0 aliphatic carbocycles. The van der Waals surface area contributed by atoms with Gasteiger partial charge in [-0.25, -0.2) is 4.79 Å². The van der Waals surface area contributed by atoms with Gasteiger partial charge in [0.15, 0.2) is 0 Å². The number of hydrogen-bond donors (Lipinski definition) is 1. The van der Waals surface area contributed by atoms with Crippen LogP contribution in [-0.2, 0) is 0 Å². The summed E-state index contributed by atoms with van der Waals surface area (Å²) in [7, 11) is 0. The van der Waals surface area contributed by atoms with Gasteiger partial charge in [-0.15, -0.1) is 0 Å². The van der Waals surface area contributed by atoms with Crippen LogP contribution in [0.1, 0.15) is 46.8 Å². The molecule has 0 saturated carbocycles. The number of hydrogen-bond acceptors (Lipinski definition) is 2. The van der Waals surface area contributed by atoms with E-state index in [1.807, 2.05) is 37.5 Å². The van der Waals surface area contributed by atoms with E-state index in [-0.39, 0.29) is 11.9 Å². The fourth-order valence-electron chi connectivity index (χ4n) is 3.34. The van der Waals surface area contributed by atoms with E-state index in [9.17, 15) is 9.59 Å². The summed E-state index contributed by atoms with van der Waals surface area (Å²) in [5.74, 6) is 0.0841. The van der Waals surface area contributed by atoms with Crippen LogP contribution in [-0.4, -0.2) is 54.5 Å². The van der Waals surface area contributed by atoms with E-state index < -0.39 is 0 Å². The molecule has 5 nitrogen and oxygen atoms in total. The Balaban J connectivity index is 2.06. The zero-order valence-electron chi connectivity index (χ0n) is 15.3. The average Bonchev–Trinajstić information content (AvgIpc) is 2.77. The van der Waals surface area contributed by atoms with Crippen molar-refractivity contribution < 1.29 is 9.59 Å². The molecule has 0 spiro atoms. The molecule has 1 aliphatic heterocycles. The summed E-state index contributed by atoms with van der Waals surface area (Å²) < 4.78 is 0. The number of benzene rings is 1. The maximum atomic E-state index is 13.0. The Kier molecular flexibility index (Phi) is 6.23. The molecule has 5 heteroatoms. The quantitative estimate of drug-likeness (QED) is 0.926. The van der Waals surface area contributed by atoms with Crippen LogP contribution in [0.25, 0.3) is 0 Å². The van der Waals surface area contributed by atoms with Crippen molar-refractivity contribution in [3.63, 3.8) is 0 Å². The molecule has 0 atom stereocenters. The van der Waals surface area contributed by atoms with Gasteiger partial charge in [-0.05, 0) is 44.7 Å². The van der Waals surface area contributed by atoms with E-state index in [0.717, 1.165) is 29.5 Å². The van der Waals surface area contributed by atoms with E-state index in [0.29, 0.717) is 32.7 Å². The summed E-state index contributed by atoms with van der Waals surface area (Å²) in [5.41, 5.74) is 4.04. The van der Waals surface area contributed by atoms with Gasteiger partial charge in [0.05, 0.1) is 0 Å². The second-order valence-corrected chi connectivity index (χ2v) is 6.64. The number of amides is 3. The Morgan fingerprint density at radius 3 is 2.21 bits per heavy atom. The smallest absolute Gasteiger partial charge is 0.317 e. The zero-order valence-corrected chi connectivity index (χ0v) is 15.3. The molecule has 0 aromatic heterocycles. The number of carbonyl (C=O) groups is 2. The second kappa shape index (κ2) is 8.18. The number of aryl methyl sites for hydroxylation is 3. The molecule has 1 N–H and O–H groups in total. The van der Waals surface area contributed by atoms with Gasteiger partial charge in [0.2, 0.25) is 0 Å². The van der Waals surface area contributed by atoms with Crippen molar-refractivity contribution in [3.8, 4) is 0 Å². The Morgan fingerprint density at radius 1 is 1.00 bits per heavy atom. The summed E-state index contributed by atoms with van der Waals surface area (Å²) >= 11 is 0. The van der Waals surface area contributed by atoms with E-state index in [4.69, 9.17) is 0 Å². The van der Waals surface area contributed by atoms with Gasteiger partial charge in [-0.2, -0.15) is 0 Å². The fourth-order valence-corrected chi connectivity index (χ4v) is 3.34. The lowest BCUT2D eigenvalue weighted by Gasteiger charge is -2.24. The molecule has 1 saturated heterocycles. The van der Waals surface area contributed by atoms with Gasteiger partial charge >= 0.3 is 6.03 Å². The minimum Gasteiger partial charge on any atom is -0.338 e. The summed E-state index contributed by atoms with van der Waals surface area (Å²) in [6.07, 6.45) is 1.74. The highest BCUT2D eigenvalue weighted by molar-refractivity contribution is 5.97. The molecule has 1 heterocycles.